The molecular formula is C13H17NO5S. The third kappa shape index (κ3) is 3.34. The molecule has 110 valence electrons. The highest BCUT2D eigenvalue weighted by Crippen LogP contribution is 2.24. The minimum absolute atomic E-state index is 0.0199. The van der Waals surface area contributed by atoms with Crippen LogP contribution in [0.4, 0.5) is 5.69 Å². The minimum atomic E-state index is -3.22. The maximum absolute atomic E-state index is 11.9. The van der Waals surface area contributed by atoms with Gasteiger partial charge in [-0.25, -0.2) is 8.42 Å². The fourth-order valence-corrected chi connectivity index (χ4v) is 4.55. The predicted molar refractivity (Wildman–Crippen MR) is 74.2 cm³/mol. The zero-order valence-corrected chi connectivity index (χ0v) is 11.8. The summed E-state index contributed by atoms with van der Waals surface area (Å²) in [5.74, 6) is 0.134. The minimum Gasteiger partial charge on any atom is -0.391 e. The van der Waals surface area contributed by atoms with Crippen LogP contribution in [0.2, 0.25) is 0 Å². The first kappa shape index (κ1) is 14.9. The molecular weight excluding hydrogens is 282 g/mol. The summed E-state index contributed by atoms with van der Waals surface area (Å²) in [6, 6.07) is 5.82. The summed E-state index contributed by atoms with van der Waals surface area (Å²) in [6.45, 7) is 0. The Bertz CT molecular complexity index is 581. The van der Waals surface area contributed by atoms with Gasteiger partial charge in [0.25, 0.3) is 5.69 Å². The van der Waals surface area contributed by atoms with Gasteiger partial charge in [-0.2, -0.15) is 0 Å². The maximum atomic E-state index is 11.9. The van der Waals surface area contributed by atoms with Crippen LogP contribution in [0.25, 0.3) is 0 Å². The molecule has 0 bridgehead atoms. The van der Waals surface area contributed by atoms with E-state index in [1.165, 1.54) is 12.1 Å². The Morgan fingerprint density at radius 2 is 1.95 bits per heavy atom. The van der Waals surface area contributed by atoms with Crippen molar-refractivity contribution in [2.45, 2.75) is 37.0 Å². The van der Waals surface area contributed by atoms with Crippen molar-refractivity contribution in [2.24, 2.45) is 0 Å². The van der Waals surface area contributed by atoms with Gasteiger partial charge < -0.3 is 5.11 Å². The normalized spacial score (nSPS) is 23.1. The predicted octanol–water partition coefficient (Wildman–Crippen LogP) is 1.47. The number of hydrogen-bond acceptors (Lipinski definition) is 5. The van der Waals surface area contributed by atoms with Crippen LogP contribution >= 0.6 is 0 Å². The number of sulfone groups is 1. The number of rotatable bonds is 4. The van der Waals surface area contributed by atoms with Crippen LogP contribution in [0.15, 0.2) is 24.3 Å². The molecule has 1 heterocycles. The first-order valence-electron chi connectivity index (χ1n) is 6.53. The Morgan fingerprint density at radius 3 is 2.50 bits per heavy atom. The van der Waals surface area contributed by atoms with Gasteiger partial charge in [0, 0.05) is 12.1 Å². The highest BCUT2D eigenvalue weighted by atomic mass is 32.2. The zero-order valence-electron chi connectivity index (χ0n) is 10.9. The topological polar surface area (TPSA) is 97.5 Å². The molecule has 20 heavy (non-hydrogen) atoms. The maximum Gasteiger partial charge on any atom is 0.269 e. The van der Waals surface area contributed by atoms with E-state index < -0.39 is 26.1 Å². The van der Waals surface area contributed by atoms with Gasteiger partial charge in [0.2, 0.25) is 0 Å². The van der Waals surface area contributed by atoms with Gasteiger partial charge in [-0.15, -0.1) is 0 Å². The standard InChI is InChI=1S/C13H17NO5S/c15-12(13-3-1-2-8-20(13,18)19)9-10-4-6-11(7-5-10)14(16)17/h4-7,12-13,15H,1-3,8-9H2. The number of benzene rings is 1. The summed E-state index contributed by atoms with van der Waals surface area (Å²) >= 11 is 0. The van der Waals surface area contributed by atoms with E-state index in [1.807, 2.05) is 0 Å². The van der Waals surface area contributed by atoms with Crippen LogP contribution in [-0.2, 0) is 16.3 Å². The molecule has 1 aliphatic heterocycles. The van der Waals surface area contributed by atoms with Crippen LogP contribution in [0.1, 0.15) is 24.8 Å². The van der Waals surface area contributed by atoms with Crippen molar-refractivity contribution in [3.05, 3.63) is 39.9 Å². The molecule has 1 N–H and O–H groups in total. The lowest BCUT2D eigenvalue weighted by Gasteiger charge is -2.26. The van der Waals surface area contributed by atoms with E-state index >= 15 is 0 Å². The Balaban J connectivity index is 2.07. The van der Waals surface area contributed by atoms with E-state index in [0.29, 0.717) is 18.4 Å². The monoisotopic (exact) mass is 299 g/mol. The highest BCUT2D eigenvalue weighted by Gasteiger charge is 2.34. The molecule has 2 atom stereocenters. The summed E-state index contributed by atoms with van der Waals surface area (Å²) in [4.78, 5) is 10.0. The Labute approximate surface area is 117 Å². The van der Waals surface area contributed by atoms with Gasteiger partial charge in [0.05, 0.1) is 22.0 Å². The van der Waals surface area contributed by atoms with Crippen LogP contribution in [0.3, 0.4) is 0 Å². The molecule has 2 rings (SSSR count). The van der Waals surface area contributed by atoms with Crippen molar-refractivity contribution in [2.75, 3.05) is 5.75 Å². The molecule has 7 heteroatoms. The number of nitro benzene ring substituents is 1. The SMILES string of the molecule is O=[N+]([O-])c1ccc(CC(O)C2CCCCS2(=O)=O)cc1. The summed E-state index contributed by atoms with van der Waals surface area (Å²) in [5, 5.41) is 20.0. The summed E-state index contributed by atoms with van der Waals surface area (Å²) in [5.41, 5.74) is 0.678. The third-order valence-corrected chi connectivity index (χ3v) is 5.98. The van der Waals surface area contributed by atoms with E-state index in [9.17, 15) is 23.6 Å². The summed E-state index contributed by atoms with van der Waals surface area (Å²) < 4.78 is 23.8. The fourth-order valence-electron chi connectivity index (χ4n) is 2.54. The Hall–Kier alpha value is -1.47. The molecule has 0 saturated carbocycles. The van der Waals surface area contributed by atoms with Gasteiger partial charge in [-0.3, -0.25) is 10.1 Å². The Morgan fingerprint density at radius 1 is 1.30 bits per heavy atom. The van der Waals surface area contributed by atoms with Crippen LogP contribution in [-0.4, -0.2) is 35.6 Å². The number of hydrogen-bond donors (Lipinski definition) is 1. The largest absolute Gasteiger partial charge is 0.391 e. The van der Waals surface area contributed by atoms with Crippen LogP contribution < -0.4 is 0 Å². The average Bonchev–Trinajstić information content (AvgIpc) is 2.38. The van der Waals surface area contributed by atoms with E-state index in [1.54, 1.807) is 12.1 Å². The number of nitrogens with zero attached hydrogens (tertiary/aromatic N) is 1. The lowest BCUT2D eigenvalue weighted by molar-refractivity contribution is -0.384. The second-order valence-electron chi connectivity index (χ2n) is 5.10. The quantitative estimate of drug-likeness (QED) is 0.670. The highest BCUT2D eigenvalue weighted by molar-refractivity contribution is 7.92. The molecule has 1 saturated heterocycles. The smallest absolute Gasteiger partial charge is 0.269 e. The van der Waals surface area contributed by atoms with Gasteiger partial charge >= 0.3 is 0 Å². The van der Waals surface area contributed by atoms with Gasteiger partial charge in [0.1, 0.15) is 0 Å². The molecule has 0 aliphatic carbocycles. The lowest BCUT2D eigenvalue weighted by atomic mass is 10.0. The fraction of sp³-hybridized carbons (Fsp3) is 0.538. The van der Waals surface area contributed by atoms with Crippen molar-refractivity contribution < 1.29 is 18.4 Å². The van der Waals surface area contributed by atoms with Gasteiger partial charge in [-0.1, -0.05) is 18.6 Å². The third-order valence-electron chi connectivity index (χ3n) is 3.65. The first-order chi connectivity index (χ1) is 9.40. The van der Waals surface area contributed by atoms with E-state index in [4.69, 9.17) is 0 Å². The van der Waals surface area contributed by atoms with Crippen molar-refractivity contribution >= 4 is 15.5 Å². The molecule has 0 amide bonds. The molecule has 1 aromatic rings. The van der Waals surface area contributed by atoms with Crippen molar-refractivity contribution in [1.29, 1.82) is 0 Å². The molecule has 1 aromatic carbocycles. The summed E-state index contributed by atoms with van der Waals surface area (Å²) in [6.07, 6.45) is 1.18. The molecule has 0 aromatic heterocycles. The second kappa shape index (κ2) is 5.88. The Kier molecular flexibility index (Phi) is 4.39. The van der Waals surface area contributed by atoms with Crippen molar-refractivity contribution in [1.82, 2.24) is 0 Å². The lowest BCUT2D eigenvalue weighted by Crippen LogP contribution is -2.39. The van der Waals surface area contributed by atoms with E-state index in [2.05, 4.69) is 0 Å². The van der Waals surface area contributed by atoms with Crippen LogP contribution in [0.5, 0.6) is 0 Å². The zero-order chi connectivity index (χ0) is 14.8. The van der Waals surface area contributed by atoms with Crippen molar-refractivity contribution in [3.63, 3.8) is 0 Å². The number of non-ortho nitro benzene ring substituents is 1. The van der Waals surface area contributed by atoms with Crippen LogP contribution in [0, 0.1) is 10.1 Å². The van der Waals surface area contributed by atoms with Crippen molar-refractivity contribution in [3.8, 4) is 0 Å². The molecule has 1 fully saturated rings. The van der Waals surface area contributed by atoms with E-state index in [-0.39, 0.29) is 17.9 Å². The molecule has 1 aliphatic rings. The van der Waals surface area contributed by atoms with E-state index in [0.717, 1.165) is 6.42 Å². The second-order valence-corrected chi connectivity index (χ2v) is 7.44. The number of aliphatic hydroxyl groups excluding tert-OH is 1. The molecule has 2 unspecified atom stereocenters. The average molecular weight is 299 g/mol. The molecule has 6 nitrogen and oxygen atoms in total. The van der Waals surface area contributed by atoms with Gasteiger partial charge in [0.15, 0.2) is 9.84 Å². The van der Waals surface area contributed by atoms with Gasteiger partial charge in [-0.05, 0) is 24.8 Å². The summed E-state index contributed by atoms with van der Waals surface area (Å²) in [7, 11) is -3.22. The number of aliphatic hydroxyl groups is 1. The number of nitro groups is 1. The molecule has 0 radical (unpaired) electrons. The first-order valence-corrected chi connectivity index (χ1v) is 8.24. The molecule has 0 spiro atoms.